The Balaban J connectivity index is 2.25. The normalized spacial score (nSPS) is 19.2. The third-order valence-corrected chi connectivity index (χ3v) is 2.61. The molecule has 1 aliphatic heterocycles. The number of hydrogen-bond acceptors (Lipinski definition) is 4. The van der Waals surface area contributed by atoms with Crippen LogP contribution in [0.1, 0.15) is 10.5 Å². The molecule has 0 bridgehead atoms. The van der Waals surface area contributed by atoms with Gasteiger partial charge in [0, 0.05) is 12.7 Å². The van der Waals surface area contributed by atoms with Crippen LogP contribution in [-0.2, 0) is 9.59 Å². The predicted molar refractivity (Wildman–Crippen MR) is 59.7 cm³/mol. The van der Waals surface area contributed by atoms with Gasteiger partial charge in [-0.25, -0.2) is 4.79 Å². The number of pyridine rings is 1. The molecule has 1 aliphatic rings. The van der Waals surface area contributed by atoms with Crippen molar-refractivity contribution in [1.29, 1.82) is 0 Å². The van der Waals surface area contributed by atoms with Gasteiger partial charge in [-0.1, -0.05) is 6.07 Å². The van der Waals surface area contributed by atoms with Gasteiger partial charge in [0.15, 0.2) is 0 Å². The smallest absolute Gasteiger partial charge is 0.328 e. The average molecular weight is 249 g/mol. The van der Waals surface area contributed by atoms with Gasteiger partial charge < -0.3 is 15.3 Å². The lowest BCUT2D eigenvalue weighted by Crippen LogP contribution is -2.59. The number of aromatic nitrogens is 1. The number of carboxylic acid groups (broad SMARTS) is 1. The van der Waals surface area contributed by atoms with Crippen molar-refractivity contribution < 1.29 is 19.5 Å². The lowest BCUT2D eigenvalue weighted by molar-refractivity contribution is -0.144. The number of rotatable bonds is 2. The predicted octanol–water partition coefficient (Wildman–Crippen LogP) is -0.893. The van der Waals surface area contributed by atoms with Crippen molar-refractivity contribution in [2.24, 2.45) is 0 Å². The Morgan fingerprint density at radius 2 is 2.22 bits per heavy atom. The minimum atomic E-state index is -1.15. The number of nitrogens with one attached hydrogen (secondary N) is 1. The van der Waals surface area contributed by atoms with E-state index >= 15 is 0 Å². The van der Waals surface area contributed by atoms with E-state index in [4.69, 9.17) is 5.11 Å². The molecule has 1 fully saturated rings. The molecule has 0 saturated carbocycles. The van der Waals surface area contributed by atoms with Crippen LogP contribution in [0.15, 0.2) is 24.4 Å². The minimum Gasteiger partial charge on any atom is -0.480 e. The SMILES string of the molecule is O=C1CN(C(=O)c2ccccn2)C(C(=O)O)CN1. The zero-order chi connectivity index (χ0) is 13.1. The van der Waals surface area contributed by atoms with Crippen LogP contribution in [-0.4, -0.2) is 51.9 Å². The highest BCUT2D eigenvalue weighted by Gasteiger charge is 2.35. The van der Waals surface area contributed by atoms with Crippen LogP contribution in [0.2, 0.25) is 0 Å². The van der Waals surface area contributed by atoms with E-state index in [1.54, 1.807) is 12.1 Å². The summed E-state index contributed by atoms with van der Waals surface area (Å²) >= 11 is 0. The van der Waals surface area contributed by atoms with Crippen molar-refractivity contribution in [3.63, 3.8) is 0 Å². The third kappa shape index (κ3) is 2.29. The van der Waals surface area contributed by atoms with Crippen LogP contribution in [0.5, 0.6) is 0 Å². The van der Waals surface area contributed by atoms with Gasteiger partial charge in [0.05, 0.1) is 0 Å². The van der Waals surface area contributed by atoms with E-state index in [1.165, 1.54) is 12.3 Å². The molecule has 2 heterocycles. The maximum Gasteiger partial charge on any atom is 0.328 e. The number of carbonyl (C=O) groups is 3. The van der Waals surface area contributed by atoms with Gasteiger partial charge in [-0.05, 0) is 12.1 Å². The number of nitrogens with zero attached hydrogens (tertiary/aromatic N) is 2. The standard InChI is InChI=1S/C11H11N3O4/c15-9-6-14(8(5-13-9)11(17)18)10(16)7-3-1-2-4-12-7/h1-4,8H,5-6H2,(H,13,15)(H,17,18). The Labute approximate surface area is 102 Å². The summed E-state index contributed by atoms with van der Waals surface area (Å²) in [4.78, 5) is 39.3. The number of hydrogen-bond donors (Lipinski definition) is 2. The van der Waals surface area contributed by atoms with Crippen LogP contribution in [0.4, 0.5) is 0 Å². The Morgan fingerprint density at radius 1 is 1.44 bits per heavy atom. The largest absolute Gasteiger partial charge is 0.480 e. The number of carboxylic acids is 1. The van der Waals surface area contributed by atoms with E-state index < -0.39 is 17.9 Å². The summed E-state index contributed by atoms with van der Waals surface area (Å²) in [5.41, 5.74) is 0.124. The van der Waals surface area contributed by atoms with E-state index in [9.17, 15) is 14.4 Å². The van der Waals surface area contributed by atoms with Gasteiger partial charge in [0.2, 0.25) is 5.91 Å². The molecule has 94 valence electrons. The summed E-state index contributed by atoms with van der Waals surface area (Å²) in [7, 11) is 0. The van der Waals surface area contributed by atoms with Crippen LogP contribution in [0.25, 0.3) is 0 Å². The van der Waals surface area contributed by atoms with E-state index in [-0.39, 0.29) is 24.7 Å². The number of piperazine rings is 1. The van der Waals surface area contributed by atoms with E-state index in [0.29, 0.717) is 0 Å². The van der Waals surface area contributed by atoms with Crippen molar-refractivity contribution in [2.45, 2.75) is 6.04 Å². The van der Waals surface area contributed by atoms with Crippen molar-refractivity contribution in [3.05, 3.63) is 30.1 Å². The molecule has 1 unspecified atom stereocenters. The van der Waals surface area contributed by atoms with Crippen molar-refractivity contribution in [3.8, 4) is 0 Å². The van der Waals surface area contributed by atoms with E-state index in [0.717, 1.165) is 4.90 Å². The van der Waals surface area contributed by atoms with Crippen LogP contribution >= 0.6 is 0 Å². The number of aliphatic carboxylic acids is 1. The van der Waals surface area contributed by atoms with Gasteiger partial charge in [-0.3, -0.25) is 14.6 Å². The molecule has 0 aliphatic carbocycles. The first kappa shape index (κ1) is 12.0. The molecular weight excluding hydrogens is 238 g/mol. The van der Waals surface area contributed by atoms with E-state index in [2.05, 4.69) is 10.3 Å². The fourth-order valence-corrected chi connectivity index (χ4v) is 1.71. The summed E-state index contributed by atoms with van der Waals surface area (Å²) in [6, 6.07) is 3.69. The molecule has 0 aromatic carbocycles. The van der Waals surface area contributed by atoms with Crippen LogP contribution < -0.4 is 5.32 Å². The van der Waals surface area contributed by atoms with Crippen molar-refractivity contribution in [1.82, 2.24) is 15.2 Å². The molecule has 1 atom stereocenters. The molecule has 7 heteroatoms. The molecular formula is C11H11N3O4. The van der Waals surface area contributed by atoms with Crippen LogP contribution in [0, 0.1) is 0 Å². The van der Waals surface area contributed by atoms with E-state index in [1.807, 2.05) is 0 Å². The summed E-state index contributed by atoms with van der Waals surface area (Å²) in [5, 5.41) is 11.4. The van der Waals surface area contributed by atoms with Crippen molar-refractivity contribution >= 4 is 17.8 Å². The highest BCUT2D eigenvalue weighted by Crippen LogP contribution is 2.09. The molecule has 7 nitrogen and oxygen atoms in total. The van der Waals surface area contributed by atoms with Gasteiger partial charge in [-0.2, -0.15) is 0 Å². The minimum absolute atomic E-state index is 0.0905. The topological polar surface area (TPSA) is 99.6 Å². The summed E-state index contributed by atoms with van der Waals surface area (Å²) in [6.45, 7) is -0.362. The van der Waals surface area contributed by atoms with Gasteiger partial charge in [0.25, 0.3) is 5.91 Å². The van der Waals surface area contributed by atoms with Gasteiger partial charge in [0.1, 0.15) is 18.3 Å². The molecule has 2 N–H and O–H groups in total. The maximum absolute atomic E-state index is 12.1. The molecule has 2 amide bonds. The first-order valence-electron chi connectivity index (χ1n) is 5.31. The second kappa shape index (κ2) is 4.82. The highest BCUT2D eigenvalue weighted by atomic mass is 16.4. The number of amides is 2. The second-order valence-electron chi connectivity index (χ2n) is 3.81. The zero-order valence-corrected chi connectivity index (χ0v) is 9.37. The Bertz CT molecular complexity index is 488. The molecule has 0 spiro atoms. The van der Waals surface area contributed by atoms with Gasteiger partial charge >= 0.3 is 5.97 Å². The monoisotopic (exact) mass is 249 g/mol. The van der Waals surface area contributed by atoms with Crippen LogP contribution in [0.3, 0.4) is 0 Å². The maximum atomic E-state index is 12.1. The lowest BCUT2D eigenvalue weighted by atomic mass is 10.1. The molecule has 1 aromatic heterocycles. The first-order chi connectivity index (χ1) is 8.59. The Hall–Kier alpha value is -2.44. The molecule has 2 rings (SSSR count). The molecule has 1 saturated heterocycles. The molecule has 1 aromatic rings. The lowest BCUT2D eigenvalue weighted by Gasteiger charge is -2.32. The van der Waals surface area contributed by atoms with Crippen molar-refractivity contribution in [2.75, 3.05) is 13.1 Å². The molecule has 0 radical (unpaired) electrons. The third-order valence-electron chi connectivity index (χ3n) is 2.61. The zero-order valence-electron chi connectivity index (χ0n) is 9.37. The fourth-order valence-electron chi connectivity index (χ4n) is 1.71. The average Bonchev–Trinajstić information content (AvgIpc) is 2.38. The summed E-state index contributed by atoms with van der Waals surface area (Å²) in [5.74, 6) is -2.09. The summed E-state index contributed by atoms with van der Waals surface area (Å²) < 4.78 is 0. The first-order valence-corrected chi connectivity index (χ1v) is 5.31. The molecule has 18 heavy (non-hydrogen) atoms. The Kier molecular flexibility index (Phi) is 3.22. The van der Waals surface area contributed by atoms with Gasteiger partial charge in [-0.15, -0.1) is 0 Å². The quantitative estimate of drug-likeness (QED) is 0.708. The number of carbonyl (C=O) groups excluding carboxylic acids is 2. The second-order valence-corrected chi connectivity index (χ2v) is 3.81. The fraction of sp³-hybridized carbons (Fsp3) is 0.273. The highest BCUT2D eigenvalue weighted by molar-refractivity contribution is 5.98. The summed E-state index contributed by atoms with van der Waals surface area (Å²) in [6.07, 6.45) is 1.44. The Morgan fingerprint density at radius 3 is 2.83 bits per heavy atom.